The number of aryl methyl sites for hydroxylation is 1. The van der Waals surface area contributed by atoms with E-state index in [2.05, 4.69) is 6.07 Å². The van der Waals surface area contributed by atoms with Crippen LogP contribution in [-0.2, 0) is 6.42 Å². The highest BCUT2D eigenvalue weighted by atomic mass is 16.5. The Balaban J connectivity index is 2.43. The minimum absolute atomic E-state index is 0.218. The van der Waals surface area contributed by atoms with Crippen molar-refractivity contribution in [3.8, 4) is 5.75 Å². The van der Waals surface area contributed by atoms with Gasteiger partial charge in [0.1, 0.15) is 5.75 Å². The Hall–Kier alpha value is -1.02. The maximum absolute atomic E-state index is 5.91. The molecule has 0 amide bonds. The first-order valence-corrected chi connectivity index (χ1v) is 4.23. The van der Waals surface area contributed by atoms with Gasteiger partial charge in [-0.25, -0.2) is 0 Å². The summed E-state index contributed by atoms with van der Waals surface area (Å²) < 4.78 is 5.13. The van der Waals surface area contributed by atoms with Crippen LogP contribution >= 0.6 is 0 Å². The largest absolute Gasteiger partial charge is 0.497 e. The van der Waals surface area contributed by atoms with E-state index in [1.54, 1.807) is 7.11 Å². The van der Waals surface area contributed by atoms with Crippen LogP contribution in [0, 0.1) is 0 Å². The molecule has 1 aromatic carbocycles. The summed E-state index contributed by atoms with van der Waals surface area (Å²) in [6, 6.07) is 6.38. The molecule has 2 rings (SSSR count). The van der Waals surface area contributed by atoms with Gasteiger partial charge in [0.2, 0.25) is 0 Å². The maximum atomic E-state index is 5.91. The van der Waals surface area contributed by atoms with Crippen molar-refractivity contribution in [2.24, 2.45) is 5.73 Å². The third kappa shape index (κ3) is 1.08. The molecule has 12 heavy (non-hydrogen) atoms. The molecule has 0 aliphatic heterocycles. The smallest absolute Gasteiger partial charge is 0.119 e. The molecule has 0 unspecified atom stereocenters. The van der Waals surface area contributed by atoms with Crippen molar-refractivity contribution >= 4 is 0 Å². The van der Waals surface area contributed by atoms with Crippen LogP contribution in [0.2, 0.25) is 0 Å². The second-order valence-electron chi connectivity index (χ2n) is 3.21. The number of fused-ring (bicyclic) bond motifs is 1. The second kappa shape index (κ2) is 2.79. The minimum atomic E-state index is 0.218. The van der Waals surface area contributed by atoms with Gasteiger partial charge in [-0.1, -0.05) is 6.07 Å². The number of benzene rings is 1. The molecule has 64 valence electrons. The molecule has 0 saturated heterocycles. The normalized spacial score (nSPS) is 20.7. The number of nitrogens with two attached hydrogens (primary N) is 1. The first-order valence-electron chi connectivity index (χ1n) is 4.23. The zero-order valence-corrected chi connectivity index (χ0v) is 7.21. The lowest BCUT2D eigenvalue weighted by atomic mass is 10.1. The van der Waals surface area contributed by atoms with Gasteiger partial charge in [-0.15, -0.1) is 0 Å². The Morgan fingerprint density at radius 1 is 1.50 bits per heavy atom. The van der Waals surface area contributed by atoms with Crippen LogP contribution in [0.4, 0.5) is 0 Å². The lowest BCUT2D eigenvalue weighted by Crippen LogP contribution is -2.05. The van der Waals surface area contributed by atoms with Crippen molar-refractivity contribution in [1.82, 2.24) is 0 Å². The highest BCUT2D eigenvalue weighted by Gasteiger charge is 2.18. The van der Waals surface area contributed by atoms with Crippen molar-refractivity contribution in [3.63, 3.8) is 0 Å². The van der Waals surface area contributed by atoms with E-state index in [4.69, 9.17) is 10.5 Å². The standard InChI is InChI=1S/C10H13NO/c1-12-8-4-2-7-3-5-10(11)9(7)6-8/h2,4,6,10H,3,5,11H2,1H3/t10-/m0/s1. The van der Waals surface area contributed by atoms with Crippen LogP contribution in [0.1, 0.15) is 23.6 Å². The molecule has 1 atom stereocenters. The van der Waals surface area contributed by atoms with E-state index in [9.17, 15) is 0 Å². The molecule has 0 aromatic heterocycles. The van der Waals surface area contributed by atoms with E-state index in [1.807, 2.05) is 12.1 Å². The first-order chi connectivity index (χ1) is 5.81. The van der Waals surface area contributed by atoms with Crippen molar-refractivity contribution in [3.05, 3.63) is 29.3 Å². The molecule has 0 heterocycles. The Morgan fingerprint density at radius 2 is 2.33 bits per heavy atom. The lowest BCUT2D eigenvalue weighted by molar-refractivity contribution is 0.414. The number of hydrogen-bond acceptors (Lipinski definition) is 2. The Kier molecular flexibility index (Phi) is 1.77. The molecule has 1 aliphatic carbocycles. The van der Waals surface area contributed by atoms with Crippen LogP contribution < -0.4 is 10.5 Å². The summed E-state index contributed by atoms with van der Waals surface area (Å²) in [5.41, 5.74) is 8.55. The molecule has 0 saturated carbocycles. The molecule has 0 radical (unpaired) electrons. The number of rotatable bonds is 1. The summed E-state index contributed by atoms with van der Waals surface area (Å²) >= 11 is 0. The summed E-state index contributed by atoms with van der Waals surface area (Å²) in [4.78, 5) is 0. The molecule has 0 fully saturated rings. The highest BCUT2D eigenvalue weighted by molar-refractivity contribution is 5.40. The van der Waals surface area contributed by atoms with Gasteiger partial charge in [-0.05, 0) is 36.1 Å². The van der Waals surface area contributed by atoms with Crippen LogP contribution in [0.15, 0.2) is 18.2 Å². The van der Waals surface area contributed by atoms with Gasteiger partial charge in [-0.3, -0.25) is 0 Å². The van der Waals surface area contributed by atoms with Gasteiger partial charge in [0.05, 0.1) is 7.11 Å². The average molecular weight is 163 g/mol. The second-order valence-corrected chi connectivity index (χ2v) is 3.21. The van der Waals surface area contributed by atoms with Gasteiger partial charge in [0, 0.05) is 6.04 Å². The van der Waals surface area contributed by atoms with Crippen molar-refractivity contribution < 1.29 is 4.74 Å². The van der Waals surface area contributed by atoms with Crippen LogP contribution in [0.25, 0.3) is 0 Å². The van der Waals surface area contributed by atoms with Crippen molar-refractivity contribution in [2.75, 3.05) is 7.11 Å². The van der Waals surface area contributed by atoms with E-state index in [1.165, 1.54) is 11.1 Å². The third-order valence-corrected chi connectivity index (χ3v) is 2.48. The number of methoxy groups -OCH3 is 1. The van der Waals surface area contributed by atoms with Crippen LogP contribution in [-0.4, -0.2) is 7.11 Å². The lowest BCUT2D eigenvalue weighted by Gasteiger charge is -2.06. The van der Waals surface area contributed by atoms with Crippen LogP contribution in [0.5, 0.6) is 5.75 Å². The van der Waals surface area contributed by atoms with Gasteiger partial charge in [-0.2, -0.15) is 0 Å². The van der Waals surface area contributed by atoms with E-state index >= 15 is 0 Å². The van der Waals surface area contributed by atoms with E-state index < -0.39 is 0 Å². The summed E-state index contributed by atoms with van der Waals surface area (Å²) in [7, 11) is 1.68. The molecule has 1 aliphatic rings. The predicted molar refractivity (Wildman–Crippen MR) is 48.2 cm³/mol. The predicted octanol–water partition coefficient (Wildman–Crippen LogP) is 1.64. The molecule has 0 spiro atoms. The molecular formula is C10H13NO. The highest BCUT2D eigenvalue weighted by Crippen LogP contribution is 2.31. The van der Waals surface area contributed by atoms with Gasteiger partial charge in [0.25, 0.3) is 0 Å². The Morgan fingerprint density at radius 3 is 3.08 bits per heavy atom. The minimum Gasteiger partial charge on any atom is -0.497 e. The SMILES string of the molecule is COc1ccc2c(c1)[C@@H](N)CC2. The first kappa shape index (κ1) is 7.62. The maximum Gasteiger partial charge on any atom is 0.119 e. The molecule has 0 bridgehead atoms. The average Bonchev–Trinajstić information content (AvgIpc) is 2.47. The molecule has 2 heteroatoms. The number of ether oxygens (including phenoxy) is 1. The van der Waals surface area contributed by atoms with E-state index in [-0.39, 0.29) is 6.04 Å². The Labute approximate surface area is 72.3 Å². The number of hydrogen-bond donors (Lipinski definition) is 1. The van der Waals surface area contributed by atoms with E-state index in [0.29, 0.717) is 0 Å². The molecule has 2 nitrogen and oxygen atoms in total. The third-order valence-electron chi connectivity index (χ3n) is 2.48. The van der Waals surface area contributed by atoms with Crippen LogP contribution in [0.3, 0.4) is 0 Å². The topological polar surface area (TPSA) is 35.2 Å². The summed E-state index contributed by atoms with van der Waals surface area (Å²) in [5, 5.41) is 0. The summed E-state index contributed by atoms with van der Waals surface area (Å²) in [6.45, 7) is 0. The zero-order chi connectivity index (χ0) is 8.55. The van der Waals surface area contributed by atoms with E-state index in [0.717, 1.165) is 18.6 Å². The van der Waals surface area contributed by atoms with Gasteiger partial charge in [0.15, 0.2) is 0 Å². The van der Waals surface area contributed by atoms with Crippen molar-refractivity contribution in [2.45, 2.75) is 18.9 Å². The fourth-order valence-corrected chi connectivity index (χ4v) is 1.74. The molecular weight excluding hydrogens is 150 g/mol. The quantitative estimate of drug-likeness (QED) is 0.683. The Bertz CT molecular complexity index is 296. The fourth-order valence-electron chi connectivity index (χ4n) is 1.74. The van der Waals surface area contributed by atoms with Gasteiger partial charge < -0.3 is 10.5 Å². The molecule has 1 aromatic rings. The van der Waals surface area contributed by atoms with Crippen molar-refractivity contribution in [1.29, 1.82) is 0 Å². The molecule has 2 N–H and O–H groups in total. The fraction of sp³-hybridized carbons (Fsp3) is 0.400. The summed E-state index contributed by atoms with van der Waals surface area (Å²) in [6.07, 6.45) is 2.18. The van der Waals surface area contributed by atoms with Gasteiger partial charge >= 0.3 is 0 Å². The zero-order valence-electron chi connectivity index (χ0n) is 7.21. The monoisotopic (exact) mass is 163 g/mol. The summed E-state index contributed by atoms with van der Waals surface area (Å²) in [5.74, 6) is 0.908.